The summed E-state index contributed by atoms with van der Waals surface area (Å²) in [5.41, 5.74) is 2.37. The number of aliphatic hydroxyl groups is 1. The highest BCUT2D eigenvalue weighted by molar-refractivity contribution is 6.46. The number of ether oxygens (including phenoxy) is 1. The Bertz CT molecular complexity index is 1240. The number of fused-ring (bicyclic) bond motifs is 1. The van der Waals surface area contributed by atoms with Gasteiger partial charge in [-0.05, 0) is 38.0 Å². The molecule has 0 bridgehead atoms. The van der Waals surface area contributed by atoms with E-state index in [9.17, 15) is 14.7 Å². The first-order chi connectivity index (χ1) is 16.1. The summed E-state index contributed by atoms with van der Waals surface area (Å²) in [6.45, 7) is 2.38. The van der Waals surface area contributed by atoms with Gasteiger partial charge in [-0.15, -0.1) is 0 Å². The summed E-state index contributed by atoms with van der Waals surface area (Å²) >= 11 is 0. The molecule has 1 aromatic heterocycles. The summed E-state index contributed by atoms with van der Waals surface area (Å²) in [4.78, 5) is 31.7. The molecular formula is C27H28N2O4. The van der Waals surface area contributed by atoms with Crippen LogP contribution in [0.2, 0.25) is 0 Å². The van der Waals surface area contributed by atoms with E-state index in [0.29, 0.717) is 17.9 Å². The third-order valence-corrected chi connectivity index (χ3v) is 6.78. The van der Waals surface area contributed by atoms with E-state index in [1.165, 1.54) is 0 Å². The average Bonchev–Trinajstić information content (AvgIpc) is 3.38. The maximum Gasteiger partial charge on any atom is 0.295 e. The van der Waals surface area contributed by atoms with Crippen LogP contribution >= 0.6 is 0 Å². The number of rotatable bonds is 5. The van der Waals surface area contributed by atoms with E-state index in [-0.39, 0.29) is 17.4 Å². The highest BCUT2D eigenvalue weighted by Gasteiger charge is 2.49. The first kappa shape index (κ1) is 21.3. The Kier molecular flexibility index (Phi) is 5.67. The Hall–Kier alpha value is -3.54. The van der Waals surface area contributed by atoms with Crippen LogP contribution in [0.5, 0.6) is 5.75 Å². The van der Waals surface area contributed by atoms with Gasteiger partial charge in [-0.2, -0.15) is 0 Å². The first-order valence-corrected chi connectivity index (χ1v) is 11.7. The lowest BCUT2D eigenvalue weighted by atomic mass is 9.91. The van der Waals surface area contributed by atoms with Gasteiger partial charge in [0, 0.05) is 34.3 Å². The number of para-hydroxylation sites is 1. The predicted octanol–water partition coefficient (Wildman–Crippen LogP) is 5.32. The fourth-order valence-electron chi connectivity index (χ4n) is 5.27. The molecule has 1 aliphatic carbocycles. The monoisotopic (exact) mass is 444 g/mol. The van der Waals surface area contributed by atoms with E-state index in [2.05, 4.69) is 4.98 Å². The molecular weight excluding hydrogens is 416 g/mol. The second kappa shape index (κ2) is 8.77. The van der Waals surface area contributed by atoms with Crippen LogP contribution in [0.25, 0.3) is 16.7 Å². The van der Waals surface area contributed by atoms with Gasteiger partial charge in [0.05, 0.1) is 18.2 Å². The molecule has 1 amide bonds. The molecule has 1 aliphatic heterocycles. The Labute approximate surface area is 192 Å². The van der Waals surface area contributed by atoms with Crippen LogP contribution < -0.4 is 4.74 Å². The zero-order valence-electron chi connectivity index (χ0n) is 18.7. The number of aromatic amines is 1. The summed E-state index contributed by atoms with van der Waals surface area (Å²) in [5.74, 6) is -0.718. The third kappa shape index (κ3) is 3.69. The molecule has 2 N–H and O–H groups in total. The molecule has 1 saturated carbocycles. The molecule has 6 heteroatoms. The number of likely N-dealkylation sites (tertiary alicyclic amines) is 1. The maximum absolute atomic E-state index is 13.4. The third-order valence-electron chi connectivity index (χ3n) is 6.78. The van der Waals surface area contributed by atoms with Crippen molar-refractivity contribution in [3.8, 4) is 5.75 Å². The van der Waals surface area contributed by atoms with Gasteiger partial charge in [-0.25, -0.2) is 0 Å². The molecule has 6 nitrogen and oxygen atoms in total. The Morgan fingerprint density at radius 1 is 1.09 bits per heavy atom. The van der Waals surface area contributed by atoms with E-state index in [1.54, 1.807) is 29.2 Å². The number of hydrogen-bond acceptors (Lipinski definition) is 4. The van der Waals surface area contributed by atoms with Gasteiger partial charge in [0.2, 0.25) is 0 Å². The molecule has 2 aromatic carbocycles. The lowest BCUT2D eigenvalue weighted by molar-refractivity contribution is -0.141. The van der Waals surface area contributed by atoms with Crippen molar-refractivity contribution in [3.05, 3.63) is 71.4 Å². The smallest absolute Gasteiger partial charge is 0.295 e. The minimum absolute atomic E-state index is 0.0195. The summed E-state index contributed by atoms with van der Waals surface area (Å²) in [6, 6.07) is 14.2. The summed E-state index contributed by atoms with van der Waals surface area (Å²) < 4.78 is 5.58. The molecule has 1 unspecified atom stereocenters. The normalized spacial score (nSPS) is 21.1. The number of nitrogens with zero attached hydrogens (tertiary/aromatic N) is 1. The quantitative estimate of drug-likeness (QED) is 0.317. The van der Waals surface area contributed by atoms with Crippen molar-refractivity contribution in [2.75, 3.05) is 6.61 Å². The summed E-state index contributed by atoms with van der Waals surface area (Å²) in [6.07, 6.45) is 6.80. The number of Topliss-reactive ketones (excluding diaryl/α,β-unsaturated/α-hetero) is 1. The van der Waals surface area contributed by atoms with E-state index in [0.717, 1.165) is 48.6 Å². The largest absolute Gasteiger partial charge is 0.507 e. The molecule has 3 aromatic rings. The van der Waals surface area contributed by atoms with E-state index < -0.39 is 17.7 Å². The van der Waals surface area contributed by atoms with Gasteiger partial charge >= 0.3 is 0 Å². The second-order valence-corrected chi connectivity index (χ2v) is 8.75. The van der Waals surface area contributed by atoms with Gasteiger partial charge < -0.3 is 19.7 Å². The molecule has 0 spiro atoms. The van der Waals surface area contributed by atoms with Gasteiger partial charge in [0.15, 0.2) is 0 Å². The molecule has 170 valence electrons. The van der Waals surface area contributed by atoms with E-state index in [1.807, 2.05) is 37.4 Å². The molecule has 33 heavy (non-hydrogen) atoms. The first-order valence-electron chi connectivity index (χ1n) is 11.7. The van der Waals surface area contributed by atoms with Crippen molar-refractivity contribution in [2.24, 2.45) is 0 Å². The SMILES string of the molecule is CCOc1cccc(/C(O)=C2\C(=O)C(=O)N(C3CCCCC3)C2c2c[nH]c3ccccc23)c1. The molecule has 1 atom stereocenters. The van der Waals surface area contributed by atoms with Crippen molar-refractivity contribution in [3.63, 3.8) is 0 Å². The van der Waals surface area contributed by atoms with Crippen LogP contribution in [0.4, 0.5) is 0 Å². The van der Waals surface area contributed by atoms with Crippen molar-refractivity contribution in [1.82, 2.24) is 9.88 Å². The zero-order chi connectivity index (χ0) is 22.9. The number of carbonyl (C=O) groups excluding carboxylic acids is 2. The highest BCUT2D eigenvalue weighted by Crippen LogP contribution is 2.45. The number of carbonyl (C=O) groups is 2. The maximum atomic E-state index is 13.4. The molecule has 2 fully saturated rings. The number of amides is 1. The topological polar surface area (TPSA) is 82.6 Å². The molecule has 2 aliphatic rings. The van der Waals surface area contributed by atoms with Crippen molar-refractivity contribution in [1.29, 1.82) is 0 Å². The van der Waals surface area contributed by atoms with Gasteiger partial charge in [0.1, 0.15) is 11.5 Å². The van der Waals surface area contributed by atoms with E-state index >= 15 is 0 Å². The number of aromatic nitrogens is 1. The van der Waals surface area contributed by atoms with Crippen molar-refractivity contribution in [2.45, 2.75) is 51.1 Å². The van der Waals surface area contributed by atoms with Gasteiger partial charge in [0.25, 0.3) is 11.7 Å². The van der Waals surface area contributed by atoms with Gasteiger partial charge in [-0.3, -0.25) is 9.59 Å². The fourth-order valence-corrected chi connectivity index (χ4v) is 5.27. The number of benzene rings is 2. The molecule has 0 radical (unpaired) electrons. The van der Waals surface area contributed by atoms with Crippen LogP contribution in [0, 0.1) is 0 Å². The number of ketones is 1. The predicted molar refractivity (Wildman–Crippen MR) is 127 cm³/mol. The Morgan fingerprint density at radius 3 is 2.67 bits per heavy atom. The molecule has 1 saturated heterocycles. The number of H-pyrrole nitrogens is 1. The minimum atomic E-state index is -0.639. The van der Waals surface area contributed by atoms with E-state index in [4.69, 9.17) is 4.74 Å². The van der Waals surface area contributed by atoms with Crippen LogP contribution in [-0.2, 0) is 9.59 Å². The Morgan fingerprint density at radius 2 is 1.88 bits per heavy atom. The van der Waals surface area contributed by atoms with Crippen molar-refractivity contribution < 1.29 is 19.4 Å². The number of nitrogens with one attached hydrogen (secondary N) is 1. The lowest BCUT2D eigenvalue weighted by Gasteiger charge is -2.35. The molecule has 5 rings (SSSR count). The zero-order valence-corrected chi connectivity index (χ0v) is 18.7. The minimum Gasteiger partial charge on any atom is -0.507 e. The fraction of sp³-hybridized carbons (Fsp3) is 0.333. The second-order valence-electron chi connectivity index (χ2n) is 8.75. The average molecular weight is 445 g/mol. The standard InChI is InChI=1S/C27H28N2O4/c1-2-33-19-12-8-9-17(15-19)25(30)23-24(21-16-28-22-14-7-6-13-20(21)22)29(27(32)26(23)31)18-10-4-3-5-11-18/h6-9,12-16,18,24,28,30H,2-5,10-11H2,1H3/b25-23+. The van der Waals surface area contributed by atoms with Crippen LogP contribution in [-0.4, -0.2) is 39.3 Å². The highest BCUT2D eigenvalue weighted by atomic mass is 16.5. The summed E-state index contributed by atoms with van der Waals surface area (Å²) in [5, 5.41) is 12.3. The van der Waals surface area contributed by atoms with Crippen LogP contribution in [0.1, 0.15) is 56.2 Å². The number of hydrogen-bond donors (Lipinski definition) is 2. The van der Waals surface area contributed by atoms with Crippen LogP contribution in [0.3, 0.4) is 0 Å². The summed E-state index contributed by atoms with van der Waals surface area (Å²) in [7, 11) is 0. The van der Waals surface area contributed by atoms with Crippen molar-refractivity contribution >= 4 is 28.4 Å². The van der Waals surface area contributed by atoms with Crippen LogP contribution in [0.15, 0.2) is 60.3 Å². The Balaban J connectivity index is 1.69. The number of aliphatic hydroxyl groups excluding tert-OH is 1. The van der Waals surface area contributed by atoms with Gasteiger partial charge in [-0.1, -0.05) is 49.6 Å². The molecule has 2 heterocycles. The lowest BCUT2D eigenvalue weighted by Crippen LogP contribution is -2.40.